The maximum Gasteiger partial charge on any atom is 0.220 e. The third-order valence-corrected chi connectivity index (χ3v) is 4.05. The van der Waals surface area contributed by atoms with Crippen molar-refractivity contribution in [3.8, 4) is 11.8 Å². The Bertz CT molecular complexity index is 505. The van der Waals surface area contributed by atoms with E-state index in [1.165, 1.54) is 11.3 Å². The number of methoxy groups -OCH3 is 2. The molecule has 1 aliphatic heterocycles. The molecule has 0 spiro atoms. The number of allylic oxidation sites excluding steroid dienone is 1. The molecule has 0 bridgehead atoms. The molecule has 0 N–H and O–H groups in total. The quantitative estimate of drug-likeness (QED) is 0.837. The number of aromatic nitrogens is 2. The van der Waals surface area contributed by atoms with Crippen LogP contribution in [-0.4, -0.2) is 36.1 Å². The van der Waals surface area contributed by atoms with Crippen LogP contribution in [0.15, 0.2) is 17.3 Å². The first-order valence-electron chi connectivity index (χ1n) is 6.30. The van der Waals surface area contributed by atoms with E-state index in [0.717, 1.165) is 12.2 Å². The summed E-state index contributed by atoms with van der Waals surface area (Å²) in [6.45, 7) is 6.41. The molecular formula is C14H21N3O2. The summed E-state index contributed by atoms with van der Waals surface area (Å²) in [6, 6.07) is 1.69. The van der Waals surface area contributed by atoms with E-state index >= 15 is 0 Å². The fraction of sp³-hybridized carbons (Fsp3) is 0.571. The molecule has 0 fully saturated rings. The molecule has 1 aromatic heterocycles. The van der Waals surface area contributed by atoms with Gasteiger partial charge >= 0.3 is 0 Å². The molecule has 0 aromatic carbocycles. The van der Waals surface area contributed by atoms with Crippen LogP contribution in [0.5, 0.6) is 11.8 Å². The van der Waals surface area contributed by atoms with Crippen molar-refractivity contribution in [2.45, 2.75) is 32.7 Å². The lowest BCUT2D eigenvalue weighted by molar-refractivity contribution is 0.194. The Morgan fingerprint density at radius 3 is 2.05 bits per heavy atom. The van der Waals surface area contributed by atoms with Crippen LogP contribution in [0.25, 0.3) is 0 Å². The summed E-state index contributed by atoms with van der Waals surface area (Å²) in [5, 5.41) is 0. The smallest absolute Gasteiger partial charge is 0.220 e. The molecule has 0 radical (unpaired) electrons. The molecule has 5 nitrogen and oxygen atoms in total. The summed E-state index contributed by atoms with van der Waals surface area (Å²) in [6.07, 6.45) is 0.908. The van der Waals surface area contributed by atoms with E-state index < -0.39 is 0 Å². The molecule has 0 amide bonds. The van der Waals surface area contributed by atoms with Crippen LogP contribution in [-0.2, 0) is 5.54 Å². The molecule has 2 rings (SSSR count). The minimum absolute atomic E-state index is 0.254. The third-order valence-electron chi connectivity index (χ3n) is 4.05. The Morgan fingerprint density at radius 1 is 1.16 bits per heavy atom. The Balaban J connectivity index is 2.47. The van der Waals surface area contributed by atoms with E-state index in [1.807, 2.05) is 0 Å². The zero-order valence-electron chi connectivity index (χ0n) is 12.4. The number of nitrogens with zero attached hydrogens (tertiary/aromatic N) is 3. The highest BCUT2D eigenvalue weighted by atomic mass is 16.5. The minimum Gasteiger partial charge on any atom is -0.481 e. The van der Waals surface area contributed by atoms with Crippen molar-refractivity contribution >= 4 is 0 Å². The molecule has 0 saturated heterocycles. The van der Waals surface area contributed by atoms with Crippen LogP contribution < -0.4 is 9.47 Å². The van der Waals surface area contributed by atoms with Crippen LogP contribution in [0, 0.1) is 0 Å². The van der Waals surface area contributed by atoms with Gasteiger partial charge in [0.2, 0.25) is 11.8 Å². The van der Waals surface area contributed by atoms with Gasteiger partial charge in [-0.3, -0.25) is 0 Å². The first-order chi connectivity index (χ1) is 8.92. The highest BCUT2D eigenvalue weighted by molar-refractivity contribution is 5.30. The highest BCUT2D eigenvalue weighted by Gasteiger charge is 2.40. The van der Waals surface area contributed by atoms with Crippen molar-refractivity contribution in [1.82, 2.24) is 14.9 Å². The van der Waals surface area contributed by atoms with Gasteiger partial charge in [-0.15, -0.1) is 0 Å². The van der Waals surface area contributed by atoms with Crippen molar-refractivity contribution in [1.29, 1.82) is 0 Å². The van der Waals surface area contributed by atoms with Gasteiger partial charge in [0.05, 0.1) is 20.3 Å². The number of ether oxygens (including phenoxy) is 2. The molecule has 5 heteroatoms. The van der Waals surface area contributed by atoms with E-state index in [-0.39, 0.29) is 5.54 Å². The van der Waals surface area contributed by atoms with Gasteiger partial charge in [0, 0.05) is 19.2 Å². The molecule has 19 heavy (non-hydrogen) atoms. The predicted octanol–water partition coefficient (Wildman–Crippen LogP) is 2.34. The van der Waals surface area contributed by atoms with Crippen LogP contribution in [0.3, 0.4) is 0 Å². The van der Waals surface area contributed by atoms with Gasteiger partial charge in [-0.05, 0) is 20.8 Å². The number of rotatable bonds is 3. The SMILES string of the molecule is COc1cc(OC)nc(C2(C)CC(C)=C(C)N2C)n1. The fourth-order valence-electron chi connectivity index (χ4n) is 2.50. The molecule has 0 saturated carbocycles. The van der Waals surface area contributed by atoms with E-state index in [2.05, 4.69) is 42.7 Å². The van der Waals surface area contributed by atoms with E-state index in [0.29, 0.717) is 11.8 Å². The summed E-state index contributed by atoms with van der Waals surface area (Å²) in [7, 11) is 5.27. The van der Waals surface area contributed by atoms with Crippen molar-refractivity contribution in [3.05, 3.63) is 23.2 Å². The zero-order valence-corrected chi connectivity index (χ0v) is 12.4. The van der Waals surface area contributed by atoms with Gasteiger partial charge < -0.3 is 14.4 Å². The molecular weight excluding hydrogens is 242 g/mol. The van der Waals surface area contributed by atoms with Gasteiger partial charge in [-0.25, -0.2) is 0 Å². The number of hydrogen-bond donors (Lipinski definition) is 0. The first-order valence-corrected chi connectivity index (χ1v) is 6.30. The first kappa shape index (κ1) is 13.6. The molecule has 1 unspecified atom stereocenters. The average Bonchev–Trinajstić information content (AvgIpc) is 2.63. The summed E-state index contributed by atoms with van der Waals surface area (Å²) in [5.74, 6) is 1.78. The Kier molecular flexibility index (Phi) is 3.39. The molecule has 1 aromatic rings. The van der Waals surface area contributed by atoms with Gasteiger partial charge in [0.25, 0.3) is 0 Å². The zero-order chi connectivity index (χ0) is 14.2. The number of hydrogen-bond acceptors (Lipinski definition) is 5. The average molecular weight is 263 g/mol. The lowest BCUT2D eigenvalue weighted by Gasteiger charge is -2.34. The van der Waals surface area contributed by atoms with Crippen LogP contribution in [0.4, 0.5) is 0 Å². The largest absolute Gasteiger partial charge is 0.481 e. The molecule has 1 atom stereocenters. The van der Waals surface area contributed by atoms with Crippen LogP contribution in [0.2, 0.25) is 0 Å². The van der Waals surface area contributed by atoms with Crippen LogP contribution >= 0.6 is 0 Å². The summed E-state index contributed by atoms with van der Waals surface area (Å²) >= 11 is 0. The topological polar surface area (TPSA) is 47.5 Å². The van der Waals surface area contributed by atoms with Gasteiger partial charge in [-0.1, -0.05) is 5.57 Å². The highest BCUT2D eigenvalue weighted by Crippen LogP contribution is 2.42. The normalized spacial score (nSPS) is 22.9. The fourth-order valence-corrected chi connectivity index (χ4v) is 2.50. The Morgan fingerprint density at radius 2 is 1.68 bits per heavy atom. The predicted molar refractivity (Wildman–Crippen MR) is 73.2 cm³/mol. The lowest BCUT2D eigenvalue weighted by Crippen LogP contribution is -2.37. The standard InChI is InChI=1S/C14H21N3O2/c1-9-8-14(3,17(4)10(9)2)13-15-11(18-5)7-12(16-13)19-6/h7H,8H2,1-6H3. The maximum atomic E-state index is 5.23. The van der Waals surface area contributed by atoms with Crippen LogP contribution in [0.1, 0.15) is 33.0 Å². The van der Waals surface area contributed by atoms with E-state index in [1.54, 1.807) is 20.3 Å². The van der Waals surface area contributed by atoms with Crippen molar-refractivity contribution in [2.75, 3.05) is 21.3 Å². The van der Waals surface area contributed by atoms with Gasteiger partial charge in [0.1, 0.15) is 5.54 Å². The van der Waals surface area contributed by atoms with Gasteiger partial charge in [0.15, 0.2) is 5.82 Å². The third kappa shape index (κ3) is 2.13. The Hall–Kier alpha value is -1.78. The molecule has 1 aliphatic rings. The second-order valence-corrected chi connectivity index (χ2v) is 5.15. The lowest BCUT2D eigenvalue weighted by atomic mass is 9.95. The summed E-state index contributed by atoms with van der Waals surface area (Å²) in [5.41, 5.74) is 2.37. The minimum atomic E-state index is -0.254. The monoisotopic (exact) mass is 263 g/mol. The summed E-state index contributed by atoms with van der Waals surface area (Å²) in [4.78, 5) is 11.2. The summed E-state index contributed by atoms with van der Waals surface area (Å²) < 4.78 is 10.5. The van der Waals surface area contributed by atoms with E-state index in [9.17, 15) is 0 Å². The second-order valence-electron chi connectivity index (χ2n) is 5.15. The molecule has 104 valence electrons. The molecule has 2 heterocycles. The van der Waals surface area contributed by atoms with Crippen molar-refractivity contribution < 1.29 is 9.47 Å². The van der Waals surface area contributed by atoms with Gasteiger partial charge in [-0.2, -0.15) is 9.97 Å². The van der Waals surface area contributed by atoms with Crippen molar-refractivity contribution in [3.63, 3.8) is 0 Å². The van der Waals surface area contributed by atoms with E-state index in [4.69, 9.17) is 9.47 Å². The Labute approximate surface area is 114 Å². The molecule has 0 aliphatic carbocycles. The maximum absolute atomic E-state index is 5.23. The van der Waals surface area contributed by atoms with Crippen molar-refractivity contribution in [2.24, 2.45) is 0 Å². The second kappa shape index (κ2) is 4.72.